The Morgan fingerprint density at radius 1 is 1.12 bits per heavy atom. The fourth-order valence-electron chi connectivity index (χ4n) is 5.13. The first kappa shape index (κ1) is 31.1. The van der Waals surface area contributed by atoms with Gasteiger partial charge in [-0.15, -0.1) is 10.2 Å². The first-order valence-corrected chi connectivity index (χ1v) is 14.6. The number of H-pyrrole nitrogens is 1. The van der Waals surface area contributed by atoms with E-state index >= 15 is 4.39 Å². The molecule has 0 aliphatic heterocycles. The lowest BCUT2D eigenvalue weighted by Crippen LogP contribution is -2.52. The van der Waals surface area contributed by atoms with Crippen molar-refractivity contribution >= 4 is 39.7 Å². The summed E-state index contributed by atoms with van der Waals surface area (Å²) in [7, 11) is 0. The lowest BCUT2D eigenvalue weighted by atomic mass is 9.81. The summed E-state index contributed by atoms with van der Waals surface area (Å²) in [5.74, 6) is -1.48. The van der Waals surface area contributed by atoms with Gasteiger partial charge < -0.3 is 10.1 Å². The molecule has 1 aliphatic carbocycles. The molecule has 1 heterocycles. The Balaban J connectivity index is 1.56. The molecule has 11 nitrogen and oxygen atoms in total. The number of benzene rings is 2. The van der Waals surface area contributed by atoms with Crippen molar-refractivity contribution in [2.24, 2.45) is 11.8 Å². The molecule has 0 spiro atoms. The molecule has 0 bridgehead atoms. The second-order valence-corrected chi connectivity index (χ2v) is 11.8. The fraction of sp³-hybridized carbons (Fsp3) is 0.448. The van der Waals surface area contributed by atoms with Crippen molar-refractivity contribution in [3.05, 3.63) is 59.9 Å². The number of rotatable bonds is 9. The van der Waals surface area contributed by atoms with Gasteiger partial charge in [-0.05, 0) is 81.3 Å². The number of alkyl carbamates (subject to hydrolysis) is 1. The van der Waals surface area contributed by atoms with E-state index in [1.807, 2.05) is 30.3 Å². The smallest absolute Gasteiger partial charge is 0.407 e. The van der Waals surface area contributed by atoms with E-state index in [2.05, 4.69) is 46.4 Å². The van der Waals surface area contributed by atoms with Crippen molar-refractivity contribution in [1.29, 1.82) is 0 Å². The number of aromatic amines is 1. The monoisotopic (exact) mass is 643 g/mol. The van der Waals surface area contributed by atoms with Crippen LogP contribution in [-0.2, 0) is 20.7 Å². The number of tetrazole rings is 1. The summed E-state index contributed by atoms with van der Waals surface area (Å²) in [5.41, 5.74) is 0.619. The predicted molar refractivity (Wildman–Crippen MR) is 158 cm³/mol. The minimum absolute atomic E-state index is 0.0780. The van der Waals surface area contributed by atoms with E-state index in [4.69, 9.17) is 4.74 Å². The van der Waals surface area contributed by atoms with Crippen molar-refractivity contribution in [1.82, 2.24) is 30.3 Å². The van der Waals surface area contributed by atoms with Crippen LogP contribution in [0.4, 0.5) is 14.9 Å². The van der Waals surface area contributed by atoms with Crippen molar-refractivity contribution in [2.45, 2.75) is 64.5 Å². The van der Waals surface area contributed by atoms with Crippen LogP contribution >= 0.6 is 16.1 Å². The fourth-order valence-corrected chi connectivity index (χ4v) is 5.39. The molecule has 3 aromatic rings. The number of hydrogen-bond donors (Lipinski definition) is 3. The van der Waals surface area contributed by atoms with Crippen LogP contribution in [0.5, 0.6) is 0 Å². The van der Waals surface area contributed by atoms with Gasteiger partial charge in [-0.2, -0.15) is 5.21 Å². The Morgan fingerprint density at radius 3 is 2.43 bits per heavy atom. The first-order chi connectivity index (χ1) is 20.1. The quantitative estimate of drug-likeness (QED) is 0.287. The molecule has 1 saturated carbocycles. The van der Waals surface area contributed by atoms with E-state index in [1.54, 1.807) is 26.8 Å². The van der Waals surface area contributed by atoms with Crippen LogP contribution in [0.1, 0.15) is 52.0 Å². The highest BCUT2D eigenvalue weighted by Gasteiger charge is 2.37. The molecule has 1 aromatic heterocycles. The highest BCUT2D eigenvalue weighted by atomic mass is 79.9. The average molecular weight is 645 g/mol. The standard InChI is InChI=1S/C29H35BrFN7O4/c1-29(2,3)42-28(41)32-17-19-9-11-20(12-10-19)27(40)38(24(26(39)33-30)15-18-7-5-4-6-8-18)21-13-14-22(23(31)16-21)25-34-36-37-35-25/h4-8,13-14,16,19-20,24H,9-12,15,17H2,1-3H3,(H,32,41)(H,33,39)(H,34,35,36,37)/t19-,20-,24-/m0/s1. The molecule has 224 valence electrons. The average Bonchev–Trinajstić information content (AvgIpc) is 3.50. The van der Waals surface area contributed by atoms with Crippen LogP contribution in [0.3, 0.4) is 0 Å². The van der Waals surface area contributed by atoms with Crippen LogP contribution in [0.2, 0.25) is 0 Å². The molecule has 2 aromatic carbocycles. The zero-order chi connectivity index (χ0) is 30.3. The molecule has 0 saturated heterocycles. The van der Waals surface area contributed by atoms with Gasteiger partial charge in [-0.1, -0.05) is 30.3 Å². The number of ether oxygens (including phenoxy) is 1. The summed E-state index contributed by atoms with van der Waals surface area (Å²) in [6, 6.07) is 12.7. The van der Waals surface area contributed by atoms with E-state index in [-0.39, 0.29) is 41.2 Å². The van der Waals surface area contributed by atoms with Crippen LogP contribution in [0, 0.1) is 17.7 Å². The Morgan fingerprint density at radius 2 is 1.83 bits per heavy atom. The molecule has 3 N–H and O–H groups in total. The van der Waals surface area contributed by atoms with Gasteiger partial charge in [0.1, 0.15) is 17.5 Å². The number of hydrogen-bond acceptors (Lipinski definition) is 7. The Kier molecular flexibility index (Phi) is 10.3. The Bertz CT molecular complexity index is 1360. The maximum atomic E-state index is 15.3. The second-order valence-electron chi connectivity index (χ2n) is 11.4. The third-order valence-corrected chi connectivity index (χ3v) is 7.55. The lowest BCUT2D eigenvalue weighted by Gasteiger charge is -2.36. The summed E-state index contributed by atoms with van der Waals surface area (Å²) in [5, 5.41) is 16.3. The summed E-state index contributed by atoms with van der Waals surface area (Å²) in [6.45, 7) is 5.87. The molecule has 0 unspecified atom stereocenters. The van der Waals surface area contributed by atoms with Crippen molar-refractivity contribution in [3.63, 3.8) is 0 Å². The molecule has 13 heteroatoms. The predicted octanol–water partition coefficient (Wildman–Crippen LogP) is 4.71. The largest absolute Gasteiger partial charge is 0.444 e. The second kappa shape index (κ2) is 13.9. The molecular weight excluding hydrogens is 609 g/mol. The van der Waals surface area contributed by atoms with Gasteiger partial charge in [0, 0.05) is 40.7 Å². The minimum Gasteiger partial charge on any atom is -0.444 e. The Labute approximate surface area is 252 Å². The maximum Gasteiger partial charge on any atom is 0.407 e. The van der Waals surface area contributed by atoms with E-state index in [0.717, 1.165) is 5.56 Å². The Hall–Kier alpha value is -3.87. The van der Waals surface area contributed by atoms with E-state index in [0.29, 0.717) is 32.2 Å². The van der Waals surface area contributed by atoms with Gasteiger partial charge in [-0.3, -0.25) is 18.8 Å². The van der Waals surface area contributed by atoms with Gasteiger partial charge in [-0.25, -0.2) is 9.18 Å². The summed E-state index contributed by atoms with van der Waals surface area (Å²) < 4.78 is 23.2. The van der Waals surface area contributed by atoms with Gasteiger partial charge in [0.25, 0.3) is 5.91 Å². The first-order valence-electron chi connectivity index (χ1n) is 13.8. The van der Waals surface area contributed by atoms with Gasteiger partial charge in [0.05, 0.1) is 5.56 Å². The molecule has 1 aliphatic rings. The highest BCUT2D eigenvalue weighted by Crippen LogP contribution is 2.34. The number of nitrogens with zero attached hydrogens (tertiary/aromatic N) is 4. The number of amides is 3. The van der Waals surface area contributed by atoms with E-state index in [9.17, 15) is 14.4 Å². The number of nitrogens with one attached hydrogen (secondary N) is 3. The van der Waals surface area contributed by atoms with Crippen molar-refractivity contribution in [2.75, 3.05) is 11.4 Å². The lowest BCUT2D eigenvalue weighted by molar-refractivity contribution is -0.128. The third-order valence-electron chi connectivity index (χ3n) is 7.16. The molecule has 1 atom stereocenters. The minimum atomic E-state index is -0.957. The molecule has 4 rings (SSSR count). The highest BCUT2D eigenvalue weighted by molar-refractivity contribution is 9.08. The van der Waals surface area contributed by atoms with Crippen LogP contribution in [0.25, 0.3) is 11.4 Å². The van der Waals surface area contributed by atoms with Gasteiger partial charge >= 0.3 is 6.09 Å². The van der Waals surface area contributed by atoms with Crippen molar-refractivity contribution in [3.8, 4) is 11.4 Å². The number of carbonyl (C=O) groups is 3. The number of carbonyl (C=O) groups excluding carboxylic acids is 3. The van der Waals surface area contributed by atoms with Crippen LogP contribution in [0.15, 0.2) is 48.5 Å². The summed E-state index contributed by atoms with van der Waals surface area (Å²) >= 11 is 3.04. The summed E-state index contributed by atoms with van der Waals surface area (Å²) in [4.78, 5) is 40.9. The summed E-state index contributed by atoms with van der Waals surface area (Å²) in [6.07, 6.45) is 2.29. The number of aromatic nitrogens is 4. The maximum absolute atomic E-state index is 15.3. The molecule has 0 radical (unpaired) electrons. The molecule has 42 heavy (non-hydrogen) atoms. The number of anilines is 1. The van der Waals surface area contributed by atoms with Gasteiger partial charge in [0.2, 0.25) is 11.7 Å². The third kappa shape index (κ3) is 8.11. The topological polar surface area (TPSA) is 142 Å². The SMILES string of the molecule is CC(C)(C)OC(=O)NC[C@H]1CC[C@H](C(=O)N(c2ccc(-c3nn[nH]n3)c(F)c2)[C@@H](Cc2ccccc2)C(=O)NBr)CC1. The van der Waals surface area contributed by atoms with Crippen molar-refractivity contribution < 1.29 is 23.5 Å². The molecule has 1 fully saturated rings. The van der Waals surface area contributed by atoms with Crippen LogP contribution < -0.4 is 14.6 Å². The van der Waals surface area contributed by atoms with Gasteiger partial charge in [0.15, 0.2) is 0 Å². The van der Waals surface area contributed by atoms with E-state index in [1.165, 1.54) is 17.0 Å². The zero-order valence-corrected chi connectivity index (χ0v) is 25.4. The molecular formula is C29H35BrFN7O4. The number of halogens is 2. The zero-order valence-electron chi connectivity index (χ0n) is 23.8. The molecule has 3 amide bonds. The van der Waals surface area contributed by atoms with E-state index < -0.39 is 29.5 Å². The van der Waals surface area contributed by atoms with Crippen LogP contribution in [-0.4, -0.2) is 56.7 Å². The normalized spacial score (nSPS) is 17.6.